The van der Waals surface area contributed by atoms with Gasteiger partial charge in [0.05, 0.1) is 37.3 Å². The lowest BCUT2D eigenvalue weighted by atomic mass is 10.0. The zero-order valence-corrected chi connectivity index (χ0v) is 19.9. The molecule has 0 radical (unpaired) electrons. The molecule has 2 aliphatic rings. The zero-order valence-electron chi connectivity index (χ0n) is 19.9. The van der Waals surface area contributed by atoms with Crippen molar-refractivity contribution in [3.05, 3.63) is 63.4 Å². The average Bonchev–Trinajstić information content (AvgIpc) is 3.53. The zero-order chi connectivity index (χ0) is 25.6. The number of aliphatic hydroxyl groups is 1. The van der Waals surface area contributed by atoms with Gasteiger partial charge >= 0.3 is 6.18 Å². The maximum absolute atomic E-state index is 14.1. The van der Waals surface area contributed by atoms with Crippen molar-refractivity contribution in [1.29, 1.82) is 0 Å². The number of hydrogen-bond donors (Lipinski definition) is 1. The molecule has 190 valence electrons. The van der Waals surface area contributed by atoms with Gasteiger partial charge in [-0.2, -0.15) is 23.0 Å². The first-order valence-electron chi connectivity index (χ1n) is 11.7. The number of anilines is 1. The molecule has 36 heavy (non-hydrogen) atoms. The minimum atomic E-state index is -4.69. The molecule has 0 saturated carbocycles. The van der Waals surface area contributed by atoms with Gasteiger partial charge < -0.3 is 19.5 Å². The third kappa shape index (κ3) is 4.19. The highest BCUT2D eigenvalue weighted by atomic mass is 19.4. The Morgan fingerprint density at radius 2 is 1.78 bits per heavy atom. The first-order chi connectivity index (χ1) is 17.2. The second-order valence-corrected chi connectivity index (χ2v) is 9.03. The Morgan fingerprint density at radius 1 is 1.03 bits per heavy atom. The summed E-state index contributed by atoms with van der Waals surface area (Å²) in [5, 5.41) is 14.4. The SMILES string of the molecule is COc1ccc(-c2nn(-c3cc(N4CC[C@H](O)C4)ccc3C(F)(F)F)c(=O)c3c2CCC3)cc1OC. The van der Waals surface area contributed by atoms with Gasteiger partial charge in [-0.3, -0.25) is 4.79 Å². The van der Waals surface area contributed by atoms with Gasteiger partial charge in [0.15, 0.2) is 11.5 Å². The Hall–Kier alpha value is -3.53. The number of fused-ring (bicyclic) bond motifs is 1. The van der Waals surface area contributed by atoms with E-state index in [9.17, 15) is 23.1 Å². The van der Waals surface area contributed by atoms with E-state index in [1.165, 1.54) is 26.4 Å². The maximum Gasteiger partial charge on any atom is 0.418 e. The molecule has 1 aliphatic heterocycles. The monoisotopic (exact) mass is 501 g/mol. The highest BCUT2D eigenvalue weighted by molar-refractivity contribution is 5.69. The van der Waals surface area contributed by atoms with Gasteiger partial charge in [-0.25, -0.2) is 0 Å². The van der Waals surface area contributed by atoms with Crippen molar-refractivity contribution in [3.8, 4) is 28.4 Å². The molecule has 10 heteroatoms. The Morgan fingerprint density at radius 3 is 2.44 bits per heavy atom. The van der Waals surface area contributed by atoms with Crippen LogP contribution in [0.5, 0.6) is 11.5 Å². The lowest BCUT2D eigenvalue weighted by Crippen LogP contribution is -2.29. The smallest absolute Gasteiger partial charge is 0.418 e. The van der Waals surface area contributed by atoms with Crippen LogP contribution in [-0.4, -0.2) is 48.3 Å². The fourth-order valence-corrected chi connectivity index (χ4v) is 5.06. The first kappa shape index (κ1) is 24.2. The summed E-state index contributed by atoms with van der Waals surface area (Å²) in [6.45, 7) is 0.823. The standard InChI is InChI=1S/C26H26F3N3O4/c1-35-22-9-6-15(12-23(22)36-2)24-18-4-3-5-19(18)25(34)32(30-24)21-13-16(31-11-10-17(33)14-31)7-8-20(21)26(27,28)29/h6-9,12-13,17,33H,3-5,10-11,14H2,1-2H3/t17-/m0/s1. The number of halogens is 3. The van der Waals surface area contributed by atoms with Gasteiger partial charge in [0, 0.05) is 29.9 Å². The van der Waals surface area contributed by atoms with Crippen LogP contribution in [0.1, 0.15) is 29.5 Å². The van der Waals surface area contributed by atoms with Crippen LogP contribution in [0.15, 0.2) is 41.2 Å². The van der Waals surface area contributed by atoms with Crippen LogP contribution in [0.3, 0.4) is 0 Å². The number of ether oxygens (including phenoxy) is 2. The van der Waals surface area contributed by atoms with Gasteiger partial charge in [-0.1, -0.05) is 0 Å². The Bertz CT molecular complexity index is 1370. The van der Waals surface area contributed by atoms with Crippen molar-refractivity contribution in [3.63, 3.8) is 0 Å². The summed E-state index contributed by atoms with van der Waals surface area (Å²) in [5.74, 6) is 0.956. The second kappa shape index (κ2) is 9.16. The van der Waals surface area contributed by atoms with Crippen molar-refractivity contribution in [1.82, 2.24) is 9.78 Å². The van der Waals surface area contributed by atoms with Crippen molar-refractivity contribution < 1.29 is 27.8 Å². The molecule has 1 fully saturated rings. The van der Waals surface area contributed by atoms with E-state index >= 15 is 0 Å². The first-order valence-corrected chi connectivity index (χ1v) is 11.7. The number of alkyl halides is 3. The molecule has 0 amide bonds. The molecule has 3 aromatic rings. The van der Waals surface area contributed by atoms with Gasteiger partial charge in [0.25, 0.3) is 5.56 Å². The van der Waals surface area contributed by atoms with Crippen LogP contribution in [-0.2, 0) is 19.0 Å². The summed E-state index contributed by atoms with van der Waals surface area (Å²) >= 11 is 0. The number of methoxy groups -OCH3 is 2. The highest BCUT2D eigenvalue weighted by Gasteiger charge is 2.36. The van der Waals surface area contributed by atoms with Gasteiger partial charge in [-0.15, -0.1) is 0 Å². The van der Waals surface area contributed by atoms with Crippen LogP contribution in [0.25, 0.3) is 16.9 Å². The molecular formula is C26H26F3N3O4. The van der Waals surface area contributed by atoms with Crippen LogP contribution in [0, 0.1) is 0 Å². The average molecular weight is 502 g/mol. The summed E-state index contributed by atoms with van der Waals surface area (Å²) in [5.41, 5.74) is 0.956. The summed E-state index contributed by atoms with van der Waals surface area (Å²) < 4.78 is 53.9. The van der Waals surface area contributed by atoms with Gasteiger partial charge in [0.2, 0.25) is 0 Å². The fraction of sp³-hybridized carbons (Fsp3) is 0.385. The number of rotatable bonds is 5. The van der Waals surface area contributed by atoms with E-state index in [1.54, 1.807) is 18.2 Å². The van der Waals surface area contributed by atoms with E-state index in [-0.39, 0.29) is 5.69 Å². The Labute approximate surface area is 205 Å². The molecule has 2 aromatic carbocycles. The fourth-order valence-electron chi connectivity index (χ4n) is 5.06. The molecule has 1 saturated heterocycles. The normalized spacial score (nSPS) is 17.4. The van der Waals surface area contributed by atoms with Crippen LogP contribution >= 0.6 is 0 Å². The molecule has 1 atom stereocenters. The van der Waals surface area contributed by atoms with Crippen molar-refractivity contribution in [2.45, 2.75) is 38.0 Å². The summed E-state index contributed by atoms with van der Waals surface area (Å²) in [6, 6.07) is 8.86. The predicted molar refractivity (Wildman–Crippen MR) is 128 cm³/mol. The molecular weight excluding hydrogens is 475 g/mol. The third-order valence-corrected chi connectivity index (χ3v) is 6.85. The van der Waals surface area contributed by atoms with E-state index in [1.807, 2.05) is 4.90 Å². The Kier molecular flexibility index (Phi) is 6.15. The summed E-state index contributed by atoms with van der Waals surface area (Å²) in [4.78, 5) is 15.3. The maximum atomic E-state index is 14.1. The van der Waals surface area contributed by atoms with E-state index in [0.29, 0.717) is 72.8 Å². The van der Waals surface area contributed by atoms with Crippen LogP contribution < -0.4 is 19.9 Å². The number of nitrogens with zero attached hydrogens (tertiary/aromatic N) is 3. The second-order valence-electron chi connectivity index (χ2n) is 9.03. The molecule has 0 bridgehead atoms. The van der Waals surface area contributed by atoms with E-state index in [2.05, 4.69) is 5.10 Å². The van der Waals surface area contributed by atoms with Crippen molar-refractivity contribution >= 4 is 5.69 Å². The van der Waals surface area contributed by atoms with Crippen LogP contribution in [0.4, 0.5) is 18.9 Å². The quantitative estimate of drug-likeness (QED) is 0.570. The lowest BCUT2D eigenvalue weighted by molar-refractivity contribution is -0.137. The predicted octanol–water partition coefficient (Wildman–Crippen LogP) is 4.00. The number of benzene rings is 2. The molecule has 2 heterocycles. The number of aliphatic hydroxyl groups excluding tert-OH is 1. The van der Waals surface area contributed by atoms with Crippen molar-refractivity contribution in [2.24, 2.45) is 0 Å². The number of hydrogen-bond acceptors (Lipinski definition) is 6. The minimum Gasteiger partial charge on any atom is -0.493 e. The minimum absolute atomic E-state index is 0.314. The summed E-state index contributed by atoms with van der Waals surface area (Å²) in [6.07, 6.45) is -2.92. The number of aromatic nitrogens is 2. The third-order valence-electron chi connectivity index (χ3n) is 6.85. The molecule has 1 N–H and O–H groups in total. The lowest BCUT2D eigenvalue weighted by Gasteiger charge is -2.22. The van der Waals surface area contributed by atoms with Gasteiger partial charge in [0.1, 0.15) is 0 Å². The van der Waals surface area contributed by atoms with Crippen molar-refractivity contribution in [2.75, 3.05) is 32.2 Å². The molecule has 0 unspecified atom stereocenters. The highest BCUT2D eigenvalue weighted by Crippen LogP contribution is 2.38. The largest absolute Gasteiger partial charge is 0.493 e. The van der Waals surface area contributed by atoms with E-state index in [0.717, 1.165) is 16.3 Å². The molecule has 0 spiro atoms. The Balaban J connectivity index is 1.73. The molecule has 5 rings (SSSR count). The summed E-state index contributed by atoms with van der Waals surface area (Å²) in [7, 11) is 3.01. The number of β-amino-alcohol motifs (C(OH)–C–C–N with tert-alkyl or cyclic N) is 1. The molecule has 1 aromatic heterocycles. The topological polar surface area (TPSA) is 76.8 Å². The van der Waals surface area contributed by atoms with Gasteiger partial charge in [-0.05, 0) is 67.6 Å². The van der Waals surface area contributed by atoms with E-state index in [4.69, 9.17) is 9.47 Å². The molecule has 7 nitrogen and oxygen atoms in total. The van der Waals surface area contributed by atoms with E-state index < -0.39 is 23.4 Å². The van der Waals surface area contributed by atoms with Crippen LogP contribution in [0.2, 0.25) is 0 Å². The molecule has 1 aliphatic carbocycles.